The van der Waals surface area contributed by atoms with Crippen LogP contribution >= 0.6 is 0 Å². The molecule has 0 saturated carbocycles. The number of benzene rings is 1. The van der Waals surface area contributed by atoms with Crippen LogP contribution in [0.3, 0.4) is 0 Å². The topological polar surface area (TPSA) is 72.0 Å². The Balaban J connectivity index is 2.43. The molecule has 4 heteroatoms. The summed E-state index contributed by atoms with van der Waals surface area (Å²) in [5, 5.41) is 8.15. The molecule has 0 aliphatic carbocycles. The van der Waals surface area contributed by atoms with Crippen LogP contribution in [0, 0.1) is 12.3 Å². The Morgan fingerprint density at radius 2 is 2.19 bits per heavy atom. The lowest BCUT2D eigenvalue weighted by Crippen LogP contribution is -2.19. The number of nitrogens with zero attached hydrogens (tertiary/aromatic N) is 1. The molecule has 2 rings (SSSR count). The van der Waals surface area contributed by atoms with Gasteiger partial charge in [0.25, 0.3) is 0 Å². The zero-order valence-electron chi connectivity index (χ0n) is 9.03. The maximum atomic E-state index is 7.13. The summed E-state index contributed by atoms with van der Waals surface area (Å²) in [4.78, 5) is 4.42. The molecule has 0 spiro atoms. The zero-order valence-corrected chi connectivity index (χ0v) is 9.03. The summed E-state index contributed by atoms with van der Waals surface area (Å²) in [5.41, 5.74) is 7.00. The third-order valence-electron chi connectivity index (χ3n) is 2.21. The Labute approximate surface area is 93.6 Å². The van der Waals surface area contributed by atoms with Crippen molar-refractivity contribution < 1.29 is 4.74 Å². The molecule has 16 heavy (non-hydrogen) atoms. The second kappa shape index (κ2) is 4.18. The number of rotatable bonds is 3. The Morgan fingerprint density at radius 1 is 1.38 bits per heavy atom. The number of nitrogens with one attached hydrogen (secondary N) is 1. The van der Waals surface area contributed by atoms with Crippen LogP contribution in [0.1, 0.15) is 5.69 Å². The molecule has 0 aliphatic heterocycles. The Morgan fingerprint density at radius 3 is 2.94 bits per heavy atom. The molecule has 0 fully saturated rings. The van der Waals surface area contributed by atoms with Crippen molar-refractivity contribution in [3.8, 4) is 5.75 Å². The van der Waals surface area contributed by atoms with E-state index in [0.29, 0.717) is 5.75 Å². The van der Waals surface area contributed by atoms with Crippen LogP contribution in [0.5, 0.6) is 5.75 Å². The predicted molar refractivity (Wildman–Crippen MR) is 63.9 cm³/mol. The highest BCUT2D eigenvalue weighted by Gasteiger charge is 2.03. The fourth-order valence-corrected chi connectivity index (χ4v) is 1.49. The van der Waals surface area contributed by atoms with Gasteiger partial charge in [-0.15, -0.1) is 0 Å². The smallest absolute Gasteiger partial charge is 0.146 e. The largest absolute Gasteiger partial charge is 0.483 e. The quantitative estimate of drug-likeness (QED) is 0.606. The molecule has 82 valence electrons. The number of hydrogen-bond acceptors (Lipinski definition) is 3. The van der Waals surface area contributed by atoms with Crippen molar-refractivity contribution in [2.24, 2.45) is 5.73 Å². The van der Waals surface area contributed by atoms with Crippen LogP contribution in [0.4, 0.5) is 0 Å². The van der Waals surface area contributed by atoms with Crippen LogP contribution in [-0.4, -0.2) is 17.4 Å². The first-order valence-electron chi connectivity index (χ1n) is 4.99. The van der Waals surface area contributed by atoms with E-state index < -0.39 is 0 Å². The van der Waals surface area contributed by atoms with E-state index >= 15 is 0 Å². The highest BCUT2D eigenvalue weighted by atomic mass is 16.5. The summed E-state index contributed by atoms with van der Waals surface area (Å²) in [5.74, 6) is 0.668. The summed E-state index contributed by atoms with van der Waals surface area (Å²) in [6, 6.07) is 9.66. The van der Waals surface area contributed by atoms with E-state index in [1.54, 1.807) is 0 Å². The molecule has 0 bridgehead atoms. The van der Waals surface area contributed by atoms with Crippen molar-refractivity contribution in [1.29, 1.82) is 5.41 Å². The summed E-state index contributed by atoms with van der Waals surface area (Å²) >= 11 is 0. The second-order valence-electron chi connectivity index (χ2n) is 3.59. The summed E-state index contributed by atoms with van der Waals surface area (Å²) < 4.78 is 5.42. The number of amidine groups is 1. The van der Waals surface area contributed by atoms with E-state index in [1.807, 2.05) is 37.3 Å². The molecule has 1 heterocycles. The second-order valence-corrected chi connectivity index (χ2v) is 3.59. The number of para-hydroxylation sites is 1. The van der Waals surface area contributed by atoms with E-state index in [0.717, 1.165) is 16.6 Å². The van der Waals surface area contributed by atoms with Gasteiger partial charge in [0.1, 0.15) is 23.7 Å². The first-order valence-corrected chi connectivity index (χ1v) is 4.99. The minimum absolute atomic E-state index is 0.00431. The van der Waals surface area contributed by atoms with E-state index in [-0.39, 0.29) is 12.4 Å². The van der Waals surface area contributed by atoms with Crippen molar-refractivity contribution in [2.75, 3.05) is 6.61 Å². The Kier molecular flexibility index (Phi) is 2.72. The van der Waals surface area contributed by atoms with Gasteiger partial charge < -0.3 is 10.5 Å². The van der Waals surface area contributed by atoms with Gasteiger partial charge in [-0.25, -0.2) is 4.98 Å². The molecular formula is C12H13N3O. The van der Waals surface area contributed by atoms with Crippen molar-refractivity contribution in [3.05, 3.63) is 36.0 Å². The normalized spacial score (nSPS) is 10.3. The standard InChI is InChI=1S/C12H13N3O/c1-8-5-6-9-3-2-4-10(12(9)15-8)16-7-11(13)14/h2-6H,7H2,1H3,(H3,13,14). The molecule has 3 N–H and O–H groups in total. The minimum Gasteiger partial charge on any atom is -0.483 e. The van der Waals surface area contributed by atoms with Gasteiger partial charge in [-0.1, -0.05) is 18.2 Å². The molecule has 0 unspecified atom stereocenters. The molecule has 0 aliphatic rings. The van der Waals surface area contributed by atoms with Gasteiger partial charge in [-0.2, -0.15) is 0 Å². The summed E-state index contributed by atoms with van der Waals surface area (Å²) in [7, 11) is 0. The monoisotopic (exact) mass is 215 g/mol. The number of hydrogen-bond donors (Lipinski definition) is 2. The lowest BCUT2D eigenvalue weighted by Gasteiger charge is -2.08. The van der Waals surface area contributed by atoms with Gasteiger partial charge in [0.15, 0.2) is 0 Å². The molecular weight excluding hydrogens is 202 g/mol. The Bertz CT molecular complexity index is 537. The lowest BCUT2D eigenvalue weighted by atomic mass is 10.2. The van der Waals surface area contributed by atoms with Crippen molar-refractivity contribution in [1.82, 2.24) is 4.98 Å². The fraction of sp³-hybridized carbons (Fsp3) is 0.167. The number of nitrogens with two attached hydrogens (primary N) is 1. The number of fused-ring (bicyclic) bond motifs is 1. The maximum Gasteiger partial charge on any atom is 0.146 e. The van der Waals surface area contributed by atoms with Crippen molar-refractivity contribution >= 4 is 16.7 Å². The first kappa shape index (κ1) is 10.4. The molecule has 1 aromatic carbocycles. The van der Waals surface area contributed by atoms with Crippen LogP contribution in [-0.2, 0) is 0 Å². The van der Waals surface area contributed by atoms with Gasteiger partial charge in [0.05, 0.1) is 0 Å². The SMILES string of the molecule is Cc1ccc2cccc(OCC(=N)N)c2n1. The van der Waals surface area contributed by atoms with Crippen LogP contribution < -0.4 is 10.5 Å². The molecule has 0 amide bonds. The maximum absolute atomic E-state index is 7.13. The number of pyridine rings is 1. The van der Waals surface area contributed by atoms with Gasteiger partial charge >= 0.3 is 0 Å². The summed E-state index contributed by atoms with van der Waals surface area (Å²) in [6.45, 7) is 2.02. The number of aromatic nitrogens is 1. The highest BCUT2D eigenvalue weighted by Crippen LogP contribution is 2.23. The third-order valence-corrected chi connectivity index (χ3v) is 2.21. The van der Waals surface area contributed by atoms with Gasteiger partial charge in [-0.3, -0.25) is 5.41 Å². The average Bonchev–Trinajstić information content (AvgIpc) is 2.26. The molecule has 1 aromatic heterocycles. The average molecular weight is 215 g/mol. The first-order chi connectivity index (χ1) is 7.66. The number of ether oxygens (including phenoxy) is 1. The van der Waals surface area contributed by atoms with E-state index in [4.69, 9.17) is 15.9 Å². The van der Waals surface area contributed by atoms with E-state index in [1.165, 1.54) is 0 Å². The Hall–Kier alpha value is -2.10. The van der Waals surface area contributed by atoms with Crippen molar-refractivity contribution in [3.63, 3.8) is 0 Å². The minimum atomic E-state index is 0.00431. The van der Waals surface area contributed by atoms with Gasteiger partial charge in [0, 0.05) is 11.1 Å². The molecule has 0 atom stereocenters. The third kappa shape index (κ3) is 2.11. The van der Waals surface area contributed by atoms with Crippen molar-refractivity contribution in [2.45, 2.75) is 6.92 Å². The molecule has 0 saturated heterocycles. The van der Waals surface area contributed by atoms with E-state index in [2.05, 4.69) is 4.98 Å². The van der Waals surface area contributed by atoms with Gasteiger partial charge in [0.2, 0.25) is 0 Å². The zero-order chi connectivity index (χ0) is 11.5. The molecule has 4 nitrogen and oxygen atoms in total. The highest BCUT2D eigenvalue weighted by molar-refractivity contribution is 5.85. The van der Waals surface area contributed by atoms with E-state index in [9.17, 15) is 0 Å². The van der Waals surface area contributed by atoms with Crippen LogP contribution in [0.15, 0.2) is 30.3 Å². The lowest BCUT2D eigenvalue weighted by molar-refractivity contribution is 0.378. The summed E-state index contributed by atoms with van der Waals surface area (Å²) in [6.07, 6.45) is 0. The van der Waals surface area contributed by atoms with Crippen LogP contribution in [0.2, 0.25) is 0 Å². The number of aryl methyl sites for hydroxylation is 1. The van der Waals surface area contributed by atoms with Crippen LogP contribution in [0.25, 0.3) is 10.9 Å². The van der Waals surface area contributed by atoms with Gasteiger partial charge in [-0.05, 0) is 19.1 Å². The molecule has 0 radical (unpaired) electrons. The predicted octanol–water partition coefficient (Wildman–Crippen LogP) is 1.86. The molecule has 2 aromatic rings. The fourth-order valence-electron chi connectivity index (χ4n) is 1.49.